The van der Waals surface area contributed by atoms with Crippen molar-refractivity contribution in [1.82, 2.24) is 4.98 Å². The van der Waals surface area contributed by atoms with E-state index in [9.17, 15) is 26.3 Å². The molecule has 0 fully saturated rings. The maximum atomic E-state index is 12.9. The van der Waals surface area contributed by atoms with E-state index < -0.39 is 34.8 Å². The van der Waals surface area contributed by atoms with E-state index in [1.807, 2.05) is 0 Å². The molecule has 0 amide bonds. The smallest absolute Gasteiger partial charge is 0.449 e. The first-order chi connectivity index (χ1) is 9.68. The van der Waals surface area contributed by atoms with Gasteiger partial charge >= 0.3 is 12.4 Å². The topological polar surface area (TPSA) is 26.0 Å². The number of hydrogen-bond acceptors (Lipinski definition) is 2. The molecule has 0 radical (unpaired) electrons. The lowest BCUT2D eigenvalue weighted by Crippen LogP contribution is -2.14. The predicted octanol–water partition coefficient (Wildman–Crippen LogP) is 5.02. The lowest BCUT2D eigenvalue weighted by Gasteiger charge is -2.08. The van der Waals surface area contributed by atoms with E-state index in [0.29, 0.717) is 5.39 Å². The Labute approximate surface area is 113 Å². The van der Waals surface area contributed by atoms with Gasteiger partial charge in [-0.2, -0.15) is 26.3 Å². The first-order valence-corrected chi connectivity index (χ1v) is 5.64. The van der Waals surface area contributed by atoms with Crippen LogP contribution < -0.4 is 0 Å². The van der Waals surface area contributed by atoms with Crippen molar-refractivity contribution in [2.45, 2.75) is 12.4 Å². The fourth-order valence-corrected chi connectivity index (χ4v) is 2.08. The van der Waals surface area contributed by atoms with Crippen LogP contribution in [-0.4, -0.2) is 4.98 Å². The predicted molar refractivity (Wildman–Crippen MR) is 61.5 cm³/mol. The molecular formula is C13H5F6NO. The Kier molecular flexibility index (Phi) is 2.69. The fourth-order valence-electron chi connectivity index (χ4n) is 2.08. The van der Waals surface area contributed by atoms with E-state index in [0.717, 1.165) is 6.07 Å². The van der Waals surface area contributed by atoms with Gasteiger partial charge < -0.3 is 4.42 Å². The highest BCUT2D eigenvalue weighted by molar-refractivity contribution is 5.92. The summed E-state index contributed by atoms with van der Waals surface area (Å²) in [5.41, 5.74) is -3.12. The van der Waals surface area contributed by atoms with Crippen LogP contribution in [0.25, 0.3) is 22.0 Å². The zero-order chi connectivity index (χ0) is 15.4. The van der Waals surface area contributed by atoms with E-state index in [4.69, 9.17) is 0 Å². The molecule has 0 spiro atoms. The normalized spacial score (nSPS) is 13.2. The van der Waals surface area contributed by atoms with Crippen molar-refractivity contribution in [2.75, 3.05) is 0 Å². The van der Waals surface area contributed by atoms with Crippen LogP contribution in [-0.2, 0) is 12.4 Å². The van der Waals surface area contributed by atoms with Gasteiger partial charge in [-0.25, -0.2) is 4.98 Å². The third kappa shape index (κ3) is 2.20. The first-order valence-electron chi connectivity index (χ1n) is 5.64. The molecule has 2 nitrogen and oxygen atoms in total. The van der Waals surface area contributed by atoms with Gasteiger partial charge in [0.05, 0.1) is 5.52 Å². The van der Waals surface area contributed by atoms with E-state index >= 15 is 0 Å². The van der Waals surface area contributed by atoms with Crippen molar-refractivity contribution in [1.29, 1.82) is 0 Å². The minimum Gasteiger partial charge on any atom is -0.449 e. The Morgan fingerprint density at radius 2 is 1.57 bits per heavy atom. The van der Waals surface area contributed by atoms with Crippen LogP contribution in [0.2, 0.25) is 0 Å². The number of halogens is 6. The number of fused-ring (bicyclic) bond motifs is 2. The summed E-state index contributed by atoms with van der Waals surface area (Å²) in [5.74, 6) is -2.08. The van der Waals surface area contributed by atoms with Crippen molar-refractivity contribution in [3.05, 3.63) is 41.7 Å². The lowest BCUT2D eigenvalue weighted by molar-refractivity contribution is -0.171. The molecule has 0 aliphatic carbocycles. The van der Waals surface area contributed by atoms with Crippen molar-refractivity contribution in [3.8, 4) is 0 Å². The number of pyridine rings is 1. The Morgan fingerprint density at radius 1 is 0.905 bits per heavy atom. The summed E-state index contributed by atoms with van der Waals surface area (Å²) in [5, 5.41) is 0.390. The summed E-state index contributed by atoms with van der Waals surface area (Å²) in [6.45, 7) is 0. The van der Waals surface area contributed by atoms with Gasteiger partial charge in [-0.05, 0) is 12.1 Å². The first kappa shape index (κ1) is 13.7. The minimum atomic E-state index is -5.25. The number of benzene rings is 1. The Bertz CT molecular complexity index is 830. The summed E-state index contributed by atoms with van der Waals surface area (Å²) in [7, 11) is 0. The third-order valence-corrected chi connectivity index (χ3v) is 2.91. The molecule has 3 rings (SSSR count). The van der Waals surface area contributed by atoms with Gasteiger partial charge in [0.1, 0.15) is 11.1 Å². The molecule has 21 heavy (non-hydrogen) atoms. The molecule has 0 N–H and O–H groups in total. The Morgan fingerprint density at radius 3 is 2.19 bits per heavy atom. The molecule has 2 heterocycles. The number of nitrogens with zero attached hydrogens (tertiary/aromatic N) is 1. The number of furan rings is 1. The molecule has 0 aliphatic rings. The quantitative estimate of drug-likeness (QED) is 0.545. The second-order valence-electron chi connectivity index (χ2n) is 4.33. The zero-order valence-electron chi connectivity index (χ0n) is 10.0. The molecule has 0 saturated heterocycles. The van der Waals surface area contributed by atoms with Crippen molar-refractivity contribution in [3.63, 3.8) is 0 Å². The molecule has 1 aromatic carbocycles. The van der Waals surface area contributed by atoms with Gasteiger partial charge in [-0.15, -0.1) is 0 Å². The van der Waals surface area contributed by atoms with Crippen LogP contribution in [0.5, 0.6) is 0 Å². The molecule has 8 heteroatoms. The summed E-state index contributed by atoms with van der Waals surface area (Å²) in [4.78, 5) is 3.66. The highest BCUT2D eigenvalue weighted by atomic mass is 19.4. The molecule has 0 saturated carbocycles. The van der Waals surface area contributed by atoms with Crippen LogP contribution in [0.3, 0.4) is 0 Å². The molecule has 110 valence electrons. The molecule has 3 aromatic rings. The van der Waals surface area contributed by atoms with Crippen molar-refractivity contribution >= 4 is 22.0 Å². The molecular weight excluding hydrogens is 300 g/mol. The summed E-state index contributed by atoms with van der Waals surface area (Å²) in [6.07, 6.45) is -10.5. The molecule has 0 unspecified atom stereocenters. The summed E-state index contributed by atoms with van der Waals surface area (Å²) < 4.78 is 81.5. The monoisotopic (exact) mass is 305 g/mol. The Balaban J connectivity index is 2.46. The van der Waals surface area contributed by atoms with Gasteiger partial charge in [0.2, 0.25) is 5.76 Å². The zero-order valence-corrected chi connectivity index (χ0v) is 10.0. The highest BCUT2D eigenvalue weighted by Gasteiger charge is 2.49. The Hall–Kier alpha value is -2.25. The van der Waals surface area contributed by atoms with Crippen molar-refractivity contribution < 1.29 is 30.8 Å². The maximum Gasteiger partial charge on any atom is 0.450 e. The number of hydrogen-bond donors (Lipinski definition) is 0. The summed E-state index contributed by atoms with van der Waals surface area (Å²) >= 11 is 0. The number of para-hydroxylation sites is 1. The minimum absolute atomic E-state index is 0.157. The average molecular weight is 305 g/mol. The van der Waals surface area contributed by atoms with Crippen molar-refractivity contribution in [2.24, 2.45) is 0 Å². The van der Waals surface area contributed by atoms with E-state index in [1.165, 1.54) is 18.2 Å². The lowest BCUT2D eigenvalue weighted by atomic mass is 10.1. The second kappa shape index (κ2) is 4.12. The van der Waals surface area contributed by atoms with Gasteiger partial charge in [-0.3, -0.25) is 0 Å². The van der Waals surface area contributed by atoms with Gasteiger partial charge in [0.15, 0.2) is 5.58 Å². The molecule has 0 aliphatic heterocycles. The molecule has 2 aromatic heterocycles. The fraction of sp³-hybridized carbons (Fsp3) is 0.154. The standard InChI is InChI=1S/C13H5F6NO/c14-12(15,16)9-10-8(21-11(9)13(17,18)19)5-6-3-1-2-4-7(6)20-10/h1-5H. The van der Waals surface area contributed by atoms with Crippen LogP contribution in [0.1, 0.15) is 11.3 Å². The number of alkyl halides is 6. The average Bonchev–Trinajstić information content (AvgIpc) is 2.73. The van der Waals surface area contributed by atoms with Gasteiger partial charge in [0, 0.05) is 5.39 Å². The maximum absolute atomic E-state index is 12.9. The third-order valence-electron chi connectivity index (χ3n) is 2.91. The van der Waals surface area contributed by atoms with E-state index in [-0.39, 0.29) is 5.52 Å². The van der Waals surface area contributed by atoms with Crippen LogP contribution in [0, 0.1) is 0 Å². The van der Waals surface area contributed by atoms with Crippen LogP contribution >= 0.6 is 0 Å². The molecule has 0 bridgehead atoms. The van der Waals surface area contributed by atoms with E-state index in [1.54, 1.807) is 6.07 Å². The number of rotatable bonds is 0. The van der Waals surface area contributed by atoms with Gasteiger partial charge in [-0.1, -0.05) is 18.2 Å². The summed E-state index contributed by atoms with van der Waals surface area (Å²) in [6, 6.07) is 7.16. The SMILES string of the molecule is FC(F)(F)c1oc2cc3ccccc3nc2c1C(F)(F)F. The second-order valence-corrected chi connectivity index (χ2v) is 4.33. The largest absolute Gasteiger partial charge is 0.450 e. The van der Waals surface area contributed by atoms with E-state index in [2.05, 4.69) is 9.40 Å². The van der Waals surface area contributed by atoms with Gasteiger partial charge in [0.25, 0.3) is 0 Å². The highest BCUT2D eigenvalue weighted by Crippen LogP contribution is 2.45. The molecule has 0 atom stereocenters. The number of aromatic nitrogens is 1. The van der Waals surface area contributed by atoms with Crippen LogP contribution in [0.4, 0.5) is 26.3 Å². The van der Waals surface area contributed by atoms with Crippen LogP contribution in [0.15, 0.2) is 34.7 Å².